The molecule has 0 saturated heterocycles. The van der Waals surface area contributed by atoms with Crippen molar-refractivity contribution in [3.05, 3.63) is 93.7 Å². The molecule has 36 heavy (non-hydrogen) atoms. The molecule has 7 nitrogen and oxygen atoms in total. The van der Waals surface area contributed by atoms with Gasteiger partial charge in [0.15, 0.2) is 11.0 Å². The lowest BCUT2D eigenvalue weighted by Crippen LogP contribution is -2.29. The number of aryl methyl sites for hydroxylation is 1. The van der Waals surface area contributed by atoms with E-state index in [9.17, 15) is 8.42 Å². The van der Waals surface area contributed by atoms with E-state index < -0.39 is 16.1 Å². The van der Waals surface area contributed by atoms with Gasteiger partial charge < -0.3 is 4.74 Å². The molecule has 0 aliphatic heterocycles. The van der Waals surface area contributed by atoms with Crippen LogP contribution in [0.4, 0.5) is 0 Å². The lowest BCUT2D eigenvalue weighted by molar-refractivity contribution is 0.414. The minimum absolute atomic E-state index is 0.0774. The van der Waals surface area contributed by atoms with Crippen LogP contribution in [0.25, 0.3) is 5.69 Å². The van der Waals surface area contributed by atoms with E-state index >= 15 is 0 Å². The molecule has 1 atom stereocenters. The number of sulfonamides is 1. The zero-order valence-corrected chi connectivity index (χ0v) is 22.9. The van der Waals surface area contributed by atoms with E-state index in [1.165, 1.54) is 30.0 Å². The second-order valence-electron chi connectivity index (χ2n) is 8.07. The number of hydrogen-bond acceptors (Lipinski definition) is 6. The van der Waals surface area contributed by atoms with Gasteiger partial charge in [0.25, 0.3) is 0 Å². The summed E-state index contributed by atoms with van der Waals surface area (Å²) >= 11 is 13.7. The first-order chi connectivity index (χ1) is 17.2. The van der Waals surface area contributed by atoms with Gasteiger partial charge in [-0.15, -0.1) is 10.2 Å². The van der Waals surface area contributed by atoms with Gasteiger partial charge in [0.2, 0.25) is 10.0 Å². The molecule has 1 heterocycles. The molecule has 1 unspecified atom stereocenters. The third kappa shape index (κ3) is 6.04. The van der Waals surface area contributed by atoms with Gasteiger partial charge in [-0.05, 0) is 61.9 Å². The van der Waals surface area contributed by atoms with Crippen molar-refractivity contribution in [2.75, 3.05) is 7.11 Å². The smallest absolute Gasteiger partial charge is 0.242 e. The highest BCUT2D eigenvalue weighted by atomic mass is 35.5. The average Bonchev–Trinajstić information content (AvgIpc) is 3.28. The molecule has 4 rings (SSSR count). The Bertz CT molecular complexity index is 1480. The van der Waals surface area contributed by atoms with Crippen molar-refractivity contribution in [3.63, 3.8) is 0 Å². The highest BCUT2D eigenvalue weighted by Crippen LogP contribution is 2.30. The van der Waals surface area contributed by atoms with Crippen molar-refractivity contribution in [2.45, 2.75) is 35.7 Å². The van der Waals surface area contributed by atoms with Crippen LogP contribution in [0.3, 0.4) is 0 Å². The van der Waals surface area contributed by atoms with Crippen molar-refractivity contribution in [2.24, 2.45) is 0 Å². The van der Waals surface area contributed by atoms with Crippen LogP contribution in [-0.4, -0.2) is 30.3 Å². The Morgan fingerprint density at radius 3 is 2.53 bits per heavy atom. The third-order valence-corrected chi connectivity index (χ3v) is 8.61. The predicted molar refractivity (Wildman–Crippen MR) is 144 cm³/mol. The van der Waals surface area contributed by atoms with Crippen LogP contribution < -0.4 is 9.46 Å². The van der Waals surface area contributed by atoms with Crippen molar-refractivity contribution in [1.82, 2.24) is 19.5 Å². The maximum atomic E-state index is 13.1. The molecule has 4 aromatic rings. The summed E-state index contributed by atoms with van der Waals surface area (Å²) < 4.78 is 36.1. The molecule has 3 aromatic carbocycles. The summed E-state index contributed by atoms with van der Waals surface area (Å²) in [6, 6.07) is 19.2. The van der Waals surface area contributed by atoms with Gasteiger partial charge in [0, 0.05) is 16.5 Å². The molecule has 0 radical (unpaired) electrons. The zero-order valence-electron chi connectivity index (χ0n) is 19.8. The molecule has 0 aliphatic carbocycles. The van der Waals surface area contributed by atoms with E-state index in [0.717, 1.165) is 22.6 Å². The standard InChI is InChI=1S/C25H24Cl2N4O3S2/c1-16-7-10-20(11-8-16)31-24(17(2)30-36(32,33)23-14-19(26)9-12-22(23)27)28-29-25(31)35-15-18-5-4-6-21(13-18)34-3/h4-14,17,30H,15H2,1-3H3. The summed E-state index contributed by atoms with van der Waals surface area (Å²) in [6.45, 7) is 3.71. The fourth-order valence-electron chi connectivity index (χ4n) is 3.53. The summed E-state index contributed by atoms with van der Waals surface area (Å²) in [5.74, 6) is 1.84. The van der Waals surface area contributed by atoms with Crippen LogP contribution in [0, 0.1) is 6.92 Å². The van der Waals surface area contributed by atoms with E-state index in [0.29, 0.717) is 16.7 Å². The minimum Gasteiger partial charge on any atom is -0.497 e. The number of nitrogens with one attached hydrogen (secondary N) is 1. The van der Waals surface area contributed by atoms with Gasteiger partial charge >= 0.3 is 0 Å². The number of nitrogens with zero attached hydrogens (tertiary/aromatic N) is 3. The highest BCUT2D eigenvalue weighted by molar-refractivity contribution is 7.98. The average molecular weight is 564 g/mol. The van der Waals surface area contributed by atoms with Crippen molar-refractivity contribution >= 4 is 45.0 Å². The number of aromatic nitrogens is 3. The van der Waals surface area contributed by atoms with Crippen molar-refractivity contribution in [3.8, 4) is 11.4 Å². The molecular weight excluding hydrogens is 539 g/mol. The van der Waals surface area contributed by atoms with Crippen LogP contribution in [0.2, 0.25) is 10.0 Å². The summed E-state index contributed by atoms with van der Waals surface area (Å²) in [7, 11) is -2.36. The van der Waals surface area contributed by atoms with E-state index in [4.69, 9.17) is 27.9 Å². The van der Waals surface area contributed by atoms with Gasteiger partial charge in [0.1, 0.15) is 10.6 Å². The maximum Gasteiger partial charge on any atom is 0.242 e. The fraction of sp³-hybridized carbons (Fsp3) is 0.200. The van der Waals surface area contributed by atoms with Crippen molar-refractivity contribution < 1.29 is 13.2 Å². The molecule has 0 amide bonds. The number of rotatable bonds is 9. The Morgan fingerprint density at radius 2 is 1.81 bits per heavy atom. The van der Waals surface area contributed by atoms with Gasteiger partial charge in [-0.1, -0.05) is 64.8 Å². The summed E-state index contributed by atoms with van der Waals surface area (Å²) in [5, 5.41) is 9.73. The van der Waals surface area contributed by atoms with E-state index in [1.807, 2.05) is 60.0 Å². The predicted octanol–water partition coefficient (Wildman–Crippen LogP) is 6.22. The number of hydrogen-bond donors (Lipinski definition) is 1. The van der Waals surface area contributed by atoms with Crippen LogP contribution in [-0.2, 0) is 15.8 Å². The lowest BCUT2D eigenvalue weighted by atomic mass is 10.2. The topological polar surface area (TPSA) is 86.1 Å². The third-order valence-electron chi connectivity index (χ3n) is 5.35. The normalized spacial score (nSPS) is 12.5. The van der Waals surface area contributed by atoms with E-state index in [2.05, 4.69) is 14.9 Å². The fourth-order valence-corrected chi connectivity index (χ4v) is 6.40. The number of ether oxygens (including phenoxy) is 1. The summed E-state index contributed by atoms with van der Waals surface area (Å²) in [4.78, 5) is -0.0995. The number of thioether (sulfide) groups is 1. The number of benzene rings is 3. The zero-order chi connectivity index (χ0) is 25.9. The molecule has 1 aromatic heterocycles. The second-order valence-corrected chi connectivity index (χ2v) is 11.5. The van der Waals surface area contributed by atoms with Gasteiger partial charge in [-0.3, -0.25) is 4.57 Å². The summed E-state index contributed by atoms with van der Waals surface area (Å²) in [5.41, 5.74) is 2.98. The quantitative estimate of drug-likeness (QED) is 0.243. The number of methoxy groups -OCH3 is 1. The Kier molecular flexibility index (Phi) is 8.27. The number of halogens is 2. The molecule has 11 heteroatoms. The molecule has 188 valence electrons. The Morgan fingerprint density at radius 1 is 1.06 bits per heavy atom. The molecule has 0 bridgehead atoms. The summed E-state index contributed by atoms with van der Waals surface area (Å²) in [6.07, 6.45) is 0. The van der Waals surface area contributed by atoms with E-state index in [-0.39, 0.29) is 14.9 Å². The molecule has 0 fully saturated rings. The van der Waals surface area contributed by atoms with Crippen LogP contribution in [0.15, 0.2) is 76.8 Å². The van der Waals surface area contributed by atoms with Crippen LogP contribution in [0.5, 0.6) is 5.75 Å². The first-order valence-corrected chi connectivity index (χ1v) is 14.2. The molecule has 0 aliphatic rings. The molecule has 0 saturated carbocycles. The monoisotopic (exact) mass is 562 g/mol. The second kappa shape index (κ2) is 11.2. The van der Waals surface area contributed by atoms with Crippen LogP contribution >= 0.6 is 35.0 Å². The Hall–Kier alpha value is -2.56. The highest BCUT2D eigenvalue weighted by Gasteiger charge is 2.26. The van der Waals surface area contributed by atoms with Gasteiger partial charge in [-0.2, -0.15) is 0 Å². The Balaban J connectivity index is 1.67. The van der Waals surface area contributed by atoms with E-state index in [1.54, 1.807) is 14.0 Å². The minimum atomic E-state index is -3.99. The largest absolute Gasteiger partial charge is 0.497 e. The first kappa shape index (κ1) is 26.5. The van der Waals surface area contributed by atoms with Gasteiger partial charge in [-0.25, -0.2) is 13.1 Å². The lowest BCUT2D eigenvalue weighted by Gasteiger charge is -2.17. The van der Waals surface area contributed by atoms with Crippen molar-refractivity contribution in [1.29, 1.82) is 0 Å². The first-order valence-electron chi connectivity index (χ1n) is 10.9. The molecular formula is C25H24Cl2N4O3S2. The van der Waals surface area contributed by atoms with Gasteiger partial charge in [0.05, 0.1) is 18.2 Å². The maximum absolute atomic E-state index is 13.1. The molecule has 0 spiro atoms. The molecule has 1 N–H and O–H groups in total. The van der Waals surface area contributed by atoms with Crippen LogP contribution in [0.1, 0.15) is 29.9 Å². The Labute approximate surface area is 224 Å². The SMILES string of the molecule is COc1cccc(CSc2nnc(C(C)NS(=O)(=O)c3cc(Cl)ccc3Cl)n2-c2ccc(C)cc2)c1.